The highest BCUT2D eigenvalue weighted by molar-refractivity contribution is 8.00. The summed E-state index contributed by atoms with van der Waals surface area (Å²) < 4.78 is 6.84. The van der Waals surface area contributed by atoms with Gasteiger partial charge in [-0.1, -0.05) is 17.6 Å². The summed E-state index contributed by atoms with van der Waals surface area (Å²) in [5.74, 6) is 1.27. The van der Waals surface area contributed by atoms with Gasteiger partial charge < -0.3 is 41.9 Å². The number of imidazole rings is 1. The van der Waals surface area contributed by atoms with Gasteiger partial charge in [-0.15, -0.1) is 0 Å². The number of nitrogens with one attached hydrogen (secondary N) is 5. The van der Waals surface area contributed by atoms with Gasteiger partial charge in [0, 0.05) is 41.6 Å². The lowest BCUT2D eigenvalue weighted by molar-refractivity contribution is -0.121. The minimum atomic E-state index is -0.547. The summed E-state index contributed by atoms with van der Waals surface area (Å²) >= 11 is 1.88. The molecule has 0 unspecified atom stereocenters. The molecule has 0 aliphatic carbocycles. The normalized spacial score (nSPS) is 18.0. The number of H-pyrrole nitrogens is 1. The highest BCUT2D eigenvalue weighted by atomic mass is 32.2. The molecule has 2 aliphatic rings. The van der Waals surface area contributed by atoms with Crippen molar-refractivity contribution in [3.63, 3.8) is 0 Å². The lowest BCUT2D eigenvalue weighted by Gasteiger charge is -2.16. The zero-order chi connectivity index (χ0) is 37.3. The lowest BCUT2D eigenvalue weighted by atomic mass is 10.0. The quantitative estimate of drug-likeness (QED) is 0.0209. The number of amidine groups is 1. The van der Waals surface area contributed by atoms with Gasteiger partial charge in [-0.05, 0) is 81.5 Å². The van der Waals surface area contributed by atoms with Crippen LogP contribution in [-0.4, -0.2) is 91.2 Å². The number of aromatic nitrogens is 4. The Hall–Kier alpha value is -5.58. The van der Waals surface area contributed by atoms with Crippen molar-refractivity contribution in [2.45, 2.75) is 69.2 Å². The van der Waals surface area contributed by atoms with Crippen LogP contribution in [-0.2, 0) is 4.79 Å². The molecule has 0 bridgehead atoms. The van der Waals surface area contributed by atoms with Crippen molar-refractivity contribution in [3.8, 4) is 22.8 Å². The Morgan fingerprint density at radius 3 is 2.60 bits per heavy atom. The van der Waals surface area contributed by atoms with Crippen molar-refractivity contribution >= 4 is 46.6 Å². The molecule has 280 valence electrons. The van der Waals surface area contributed by atoms with E-state index in [1.807, 2.05) is 18.7 Å². The summed E-state index contributed by atoms with van der Waals surface area (Å²) in [6.07, 6.45) is 5.58. The first-order valence-corrected chi connectivity index (χ1v) is 18.9. The van der Waals surface area contributed by atoms with E-state index < -0.39 is 5.69 Å². The van der Waals surface area contributed by atoms with E-state index in [0.29, 0.717) is 53.9 Å². The van der Waals surface area contributed by atoms with Crippen LogP contribution in [0.1, 0.15) is 67.9 Å². The van der Waals surface area contributed by atoms with E-state index in [1.165, 1.54) is 4.57 Å². The number of unbranched alkanes of at least 4 members (excludes halogenated alkanes) is 3. The summed E-state index contributed by atoms with van der Waals surface area (Å²) in [4.78, 5) is 62.0. The maximum atomic E-state index is 13.3. The molecular weight excluding hydrogens is 701 g/mol. The summed E-state index contributed by atoms with van der Waals surface area (Å²) in [5, 5.41) is 24.8. The molecule has 4 heterocycles. The molecule has 2 saturated heterocycles. The third-order valence-corrected chi connectivity index (χ3v) is 10.7. The molecule has 8 N–H and O–H groups in total. The molecule has 16 nitrogen and oxygen atoms in total. The van der Waals surface area contributed by atoms with Gasteiger partial charge in [0.1, 0.15) is 17.0 Å². The van der Waals surface area contributed by atoms with Crippen LogP contribution in [0.25, 0.3) is 28.2 Å². The number of urea groups is 1. The Labute approximate surface area is 309 Å². The Morgan fingerprint density at radius 2 is 1.83 bits per heavy atom. The van der Waals surface area contributed by atoms with Crippen molar-refractivity contribution in [3.05, 3.63) is 70.3 Å². The SMILES string of the molecule is CCOc1ccc(-c2nc(/C(N)=N/O)c3[nH]c(=O)n(-c4cccc(C(=O)NCCCCCNC(=O)CCCC[C@@H]5SC[C@@H]6NC(=O)N[C@@H]65)c4)c3n2)cc1. The number of thioether (sulfide) groups is 1. The Kier molecular flexibility index (Phi) is 12.1. The van der Waals surface area contributed by atoms with E-state index in [0.717, 1.165) is 44.3 Å². The van der Waals surface area contributed by atoms with Gasteiger partial charge >= 0.3 is 11.7 Å². The topological polar surface area (TPSA) is 231 Å². The number of nitrogens with two attached hydrogens (primary N) is 1. The molecule has 4 amide bonds. The zero-order valence-electron chi connectivity index (χ0n) is 29.4. The largest absolute Gasteiger partial charge is 0.494 e. The maximum Gasteiger partial charge on any atom is 0.332 e. The van der Waals surface area contributed by atoms with Crippen molar-refractivity contribution in [2.24, 2.45) is 10.9 Å². The van der Waals surface area contributed by atoms with Gasteiger partial charge in [-0.3, -0.25) is 9.59 Å². The molecule has 2 aliphatic heterocycles. The third-order valence-electron chi connectivity index (χ3n) is 9.22. The van der Waals surface area contributed by atoms with Crippen molar-refractivity contribution in [1.29, 1.82) is 0 Å². The van der Waals surface area contributed by atoms with Crippen LogP contribution >= 0.6 is 11.8 Å². The van der Waals surface area contributed by atoms with Gasteiger partial charge in [-0.2, -0.15) is 11.8 Å². The van der Waals surface area contributed by atoms with Crippen molar-refractivity contribution in [1.82, 2.24) is 40.8 Å². The van der Waals surface area contributed by atoms with E-state index in [4.69, 9.17) is 10.5 Å². The number of carbonyl (C=O) groups excluding carboxylic acids is 3. The monoisotopic (exact) mass is 744 g/mol. The molecule has 17 heteroatoms. The maximum absolute atomic E-state index is 13.3. The number of nitrogens with zero attached hydrogens (tertiary/aromatic N) is 4. The first kappa shape index (κ1) is 37.2. The van der Waals surface area contributed by atoms with Crippen LogP contribution in [0.15, 0.2) is 58.5 Å². The number of carbonyl (C=O) groups is 3. The molecule has 2 aromatic carbocycles. The first-order chi connectivity index (χ1) is 25.7. The van der Waals surface area contributed by atoms with Crippen LogP contribution in [0, 0.1) is 0 Å². The number of rotatable bonds is 17. The zero-order valence-corrected chi connectivity index (χ0v) is 30.2. The van der Waals surface area contributed by atoms with Gasteiger partial charge in [0.05, 0.1) is 24.4 Å². The van der Waals surface area contributed by atoms with Crippen LogP contribution < -0.4 is 37.4 Å². The van der Waals surface area contributed by atoms with Crippen LogP contribution in [0.3, 0.4) is 0 Å². The molecule has 2 aromatic heterocycles. The number of benzene rings is 2. The Morgan fingerprint density at radius 1 is 1.04 bits per heavy atom. The average Bonchev–Trinajstić information content (AvgIpc) is 3.83. The highest BCUT2D eigenvalue weighted by Gasteiger charge is 2.42. The average molecular weight is 745 g/mol. The minimum absolute atomic E-state index is 0.0396. The second-order valence-corrected chi connectivity index (χ2v) is 14.2. The predicted octanol–water partition coefficient (Wildman–Crippen LogP) is 3.01. The molecule has 0 saturated carbocycles. The molecule has 4 aromatic rings. The smallest absolute Gasteiger partial charge is 0.332 e. The Bertz CT molecular complexity index is 2030. The fraction of sp³-hybridized carbons (Fsp3) is 0.417. The minimum Gasteiger partial charge on any atom is -0.494 e. The summed E-state index contributed by atoms with van der Waals surface area (Å²) in [6, 6.07) is 14.0. The van der Waals surface area contributed by atoms with Gasteiger partial charge in [0.25, 0.3) is 5.91 Å². The molecule has 0 radical (unpaired) electrons. The van der Waals surface area contributed by atoms with Crippen molar-refractivity contribution in [2.75, 3.05) is 25.4 Å². The number of hydrogen-bond acceptors (Lipinski definition) is 10. The third kappa shape index (κ3) is 8.90. The van der Waals surface area contributed by atoms with E-state index >= 15 is 0 Å². The number of ether oxygens (including phenoxy) is 1. The second-order valence-electron chi connectivity index (χ2n) is 12.9. The van der Waals surface area contributed by atoms with Crippen LogP contribution in [0.5, 0.6) is 5.75 Å². The standard InChI is InChI=1S/C36H44N10O6S/c1-2-52-24-15-13-21(14-16-24)32-41-29(31(37)45-51)30-33(44-32)46(36(50)43-30)23-10-8-9-22(19-23)34(48)39-18-7-3-6-17-38-27(47)12-5-4-11-26-28-25(20-53-26)40-35(49)42-28/h8-10,13-16,19,25-26,28,51H,2-7,11-12,17-18,20H2,1H3,(H2,37,45)(H,38,47)(H,39,48)(H,43,50)(H2,40,42,49)/t25-,26-,28-/m0/s1. The molecule has 53 heavy (non-hydrogen) atoms. The lowest BCUT2D eigenvalue weighted by Crippen LogP contribution is -2.36. The van der Waals surface area contributed by atoms with E-state index in [2.05, 4.69) is 41.4 Å². The number of fused-ring (bicyclic) bond motifs is 2. The summed E-state index contributed by atoms with van der Waals surface area (Å²) in [5.41, 5.74) is 7.15. The van der Waals surface area contributed by atoms with Crippen molar-refractivity contribution < 1.29 is 24.3 Å². The second kappa shape index (κ2) is 17.3. The number of amides is 4. The Balaban J connectivity index is 0.984. The van der Waals surface area contributed by atoms with E-state index in [9.17, 15) is 24.4 Å². The van der Waals surface area contributed by atoms with Gasteiger partial charge in [-0.25, -0.2) is 24.1 Å². The van der Waals surface area contributed by atoms with Crippen LogP contribution in [0.2, 0.25) is 0 Å². The van der Waals surface area contributed by atoms with E-state index in [1.54, 1.807) is 48.5 Å². The fourth-order valence-corrected chi connectivity index (χ4v) is 8.10. The van der Waals surface area contributed by atoms with Gasteiger partial charge in [0.2, 0.25) is 5.91 Å². The highest BCUT2D eigenvalue weighted by Crippen LogP contribution is 2.33. The first-order valence-electron chi connectivity index (χ1n) is 17.8. The molecule has 2 fully saturated rings. The molecule has 0 spiro atoms. The number of aromatic amines is 1. The molecular formula is C36H44N10O6S. The number of oxime groups is 1. The van der Waals surface area contributed by atoms with Crippen LogP contribution in [0.4, 0.5) is 4.79 Å². The summed E-state index contributed by atoms with van der Waals surface area (Å²) in [6.45, 7) is 3.42. The fourth-order valence-electron chi connectivity index (χ4n) is 6.56. The summed E-state index contributed by atoms with van der Waals surface area (Å²) in [7, 11) is 0. The van der Waals surface area contributed by atoms with E-state index in [-0.39, 0.29) is 58.4 Å². The van der Waals surface area contributed by atoms with Gasteiger partial charge in [0.15, 0.2) is 17.3 Å². The predicted molar refractivity (Wildman–Crippen MR) is 202 cm³/mol. The molecule has 6 rings (SSSR count). The molecule has 3 atom stereocenters. The number of hydrogen-bond donors (Lipinski definition) is 7.